The molecule has 0 aliphatic heterocycles. The summed E-state index contributed by atoms with van der Waals surface area (Å²) in [5.41, 5.74) is -0.236. The molecule has 0 fully saturated rings. The Hall–Kier alpha value is -2.15. The summed E-state index contributed by atoms with van der Waals surface area (Å²) < 4.78 is 4.72. The molecule has 2 rings (SSSR count). The number of esters is 1. The second-order valence-corrected chi connectivity index (χ2v) is 4.27. The highest BCUT2D eigenvalue weighted by atomic mass is 32.1. The van der Waals surface area contributed by atoms with Crippen LogP contribution in [-0.2, 0) is 4.74 Å². The topological polar surface area (TPSA) is 107 Å². The normalized spacial score (nSPS) is 10.6. The Kier molecular flexibility index (Phi) is 2.47. The summed E-state index contributed by atoms with van der Waals surface area (Å²) in [6, 6.07) is 1.14. The number of carbonyl (C=O) groups excluding carboxylic acids is 1. The lowest BCUT2D eigenvalue weighted by molar-refractivity contribution is 0.0600. The van der Waals surface area contributed by atoms with Crippen LogP contribution in [0.15, 0.2) is 6.07 Å². The standard InChI is InChI=1S/C10H8O6S/c1-16-9(14)6-5-4(17-10(6)15)2-3(11)7(12)8(5)13/h2,11-13,15H,1H3. The van der Waals surface area contributed by atoms with E-state index in [2.05, 4.69) is 4.74 Å². The SMILES string of the molecule is COC(=O)c1c(O)sc2cc(O)c(O)c(O)c12. The highest BCUT2D eigenvalue weighted by Gasteiger charge is 2.25. The number of phenolic OH excluding ortho intramolecular Hbond substituents is 3. The lowest BCUT2D eigenvalue weighted by Crippen LogP contribution is -2.00. The van der Waals surface area contributed by atoms with Crippen molar-refractivity contribution in [1.29, 1.82) is 0 Å². The first-order valence-corrected chi connectivity index (χ1v) is 5.26. The van der Waals surface area contributed by atoms with Crippen LogP contribution in [0.1, 0.15) is 10.4 Å². The number of hydrogen-bond donors (Lipinski definition) is 4. The van der Waals surface area contributed by atoms with Crippen molar-refractivity contribution < 1.29 is 30.0 Å². The van der Waals surface area contributed by atoms with Crippen LogP contribution in [0.5, 0.6) is 22.3 Å². The largest absolute Gasteiger partial charge is 0.504 e. The number of phenols is 3. The molecule has 7 heteroatoms. The van der Waals surface area contributed by atoms with Crippen molar-refractivity contribution >= 4 is 27.4 Å². The lowest BCUT2D eigenvalue weighted by Gasteiger charge is -2.03. The van der Waals surface area contributed by atoms with E-state index in [1.165, 1.54) is 0 Å². The molecule has 0 amide bonds. The Balaban J connectivity index is 2.90. The van der Waals surface area contributed by atoms with Gasteiger partial charge >= 0.3 is 5.97 Å². The van der Waals surface area contributed by atoms with Crippen LogP contribution in [0.2, 0.25) is 0 Å². The summed E-state index contributed by atoms with van der Waals surface area (Å²) in [6.45, 7) is 0. The number of hydrogen-bond acceptors (Lipinski definition) is 7. The summed E-state index contributed by atoms with van der Waals surface area (Å²) in [4.78, 5) is 11.4. The van der Waals surface area contributed by atoms with Gasteiger partial charge in [0.1, 0.15) is 5.56 Å². The maximum Gasteiger partial charge on any atom is 0.343 e. The zero-order valence-corrected chi connectivity index (χ0v) is 9.41. The molecule has 0 saturated heterocycles. The monoisotopic (exact) mass is 256 g/mol. The van der Waals surface area contributed by atoms with Gasteiger partial charge in [0.2, 0.25) is 5.75 Å². The maximum atomic E-state index is 11.4. The molecule has 1 aromatic carbocycles. The van der Waals surface area contributed by atoms with Gasteiger partial charge in [-0.15, -0.1) is 0 Å². The van der Waals surface area contributed by atoms with Crippen LogP contribution in [0.25, 0.3) is 10.1 Å². The van der Waals surface area contributed by atoms with Crippen LogP contribution >= 0.6 is 11.3 Å². The van der Waals surface area contributed by atoms with Crippen molar-refractivity contribution in [1.82, 2.24) is 0 Å². The number of thiophene rings is 1. The van der Waals surface area contributed by atoms with Crippen LogP contribution in [0.3, 0.4) is 0 Å². The molecule has 0 unspecified atom stereocenters. The van der Waals surface area contributed by atoms with E-state index in [0.29, 0.717) is 0 Å². The Bertz CT molecular complexity index is 615. The third kappa shape index (κ3) is 1.51. The van der Waals surface area contributed by atoms with E-state index >= 15 is 0 Å². The first kappa shape index (κ1) is 11.3. The van der Waals surface area contributed by atoms with Crippen molar-refractivity contribution in [3.8, 4) is 22.3 Å². The number of aromatic hydroxyl groups is 4. The number of methoxy groups -OCH3 is 1. The molecule has 6 nitrogen and oxygen atoms in total. The minimum Gasteiger partial charge on any atom is -0.504 e. The van der Waals surface area contributed by atoms with E-state index in [1.54, 1.807) is 0 Å². The molecular formula is C10H8O6S. The highest BCUT2D eigenvalue weighted by molar-refractivity contribution is 7.21. The van der Waals surface area contributed by atoms with Gasteiger partial charge in [-0.2, -0.15) is 0 Å². The second kappa shape index (κ2) is 3.70. The van der Waals surface area contributed by atoms with Crippen molar-refractivity contribution in [3.05, 3.63) is 11.6 Å². The Labute approximate surface area is 98.9 Å². The van der Waals surface area contributed by atoms with Crippen molar-refractivity contribution in [3.63, 3.8) is 0 Å². The molecule has 4 N–H and O–H groups in total. The average Bonchev–Trinajstić information content (AvgIpc) is 2.61. The number of benzene rings is 1. The van der Waals surface area contributed by atoms with Crippen LogP contribution in [-0.4, -0.2) is 33.5 Å². The first-order chi connectivity index (χ1) is 7.97. The summed E-state index contributed by atoms with van der Waals surface area (Å²) in [7, 11) is 1.13. The molecule has 0 saturated carbocycles. The fraction of sp³-hybridized carbons (Fsp3) is 0.100. The third-order valence-electron chi connectivity index (χ3n) is 2.28. The number of fused-ring (bicyclic) bond motifs is 1. The maximum absolute atomic E-state index is 11.4. The summed E-state index contributed by atoms with van der Waals surface area (Å²) >= 11 is 0.783. The average molecular weight is 256 g/mol. The smallest absolute Gasteiger partial charge is 0.343 e. The zero-order chi connectivity index (χ0) is 12.7. The fourth-order valence-corrected chi connectivity index (χ4v) is 2.46. The van der Waals surface area contributed by atoms with Crippen LogP contribution < -0.4 is 0 Å². The van der Waals surface area contributed by atoms with Gasteiger partial charge in [0.25, 0.3) is 0 Å². The first-order valence-electron chi connectivity index (χ1n) is 4.45. The van der Waals surface area contributed by atoms with E-state index in [4.69, 9.17) is 0 Å². The van der Waals surface area contributed by atoms with E-state index in [-0.39, 0.29) is 20.7 Å². The molecule has 0 bridgehead atoms. The minimum absolute atomic E-state index is 0.0466. The summed E-state index contributed by atoms with van der Waals surface area (Å²) in [5, 5.41) is 37.5. The Morgan fingerprint density at radius 3 is 2.47 bits per heavy atom. The molecule has 0 radical (unpaired) electrons. The van der Waals surface area contributed by atoms with Gasteiger partial charge in [0, 0.05) is 10.8 Å². The second-order valence-electron chi connectivity index (χ2n) is 3.24. The molecule has 90 valence electrons. The number of rotatable bonds is 1. The number of carbonyl (C=O) groups is 1. The van der Waals surface area contributed by atoms with E-state index in [0.717, 1.165) is 24.5 Å². The van der Waals surface area contributed by atoms with Crippen LogP contribution in [0.4, 0.5) is 0 Å². The Morgan fingerprint density at radius 2 is 1.88 bits per heavy atom. The molecule has 0 aliphatic rings. The summed E-state index contributed by atoms with van der Waals surface area (Å²) in [5.74, 6) is -2.79. The third-order valence-corrected chi connectivity index (χ3v) is 3.22. The highest BCUT2D eigenvalue weighted by Crippen LogP contribution is 2.48. The lowest BCUT2D eigenvalue weighted by atomic mass is 10.1. The Morgan fingerprint density at radius 1 is 1.24 bits per heavy atom. The van der Waals surface area contributed by atoms with Gasteiger partial charge < -0.3 is 25.2 Å². The minimum atomic E-state index is -0.839. The number of ether oxygens (including phenoxy) is 1. The van der Waals surface area contributed by atoms with Gasteiger partial charge in [0.15, 0.2) is 16.6 Å². The van der Waals surface area contributed by atoms with Gasteiger partial charge in [-0.1, -0.05) is 11.3 Å². The molecule has 0 aliphatic carbocycles. The molecular weight excluding hydrogens is 248 g/mol. The predicted octanol–water partition coefficient (Wildman–Crippen LogP) is 1.51. The van der Waals surface area contributed by atoms with Gasteiger partial charge in [-0.05, 0) is 0 Å². The fourth-order valence-electron chi connectivity index (χ4n) is 1.50. The van der Waals surface area contributed by atoms with Crippen molar-refractivity contribution in [2.24, 2.45) is 0 Å². The molecule has 0 atom stereocenters. The van der Waals surface area contributed by atoms with Crippen LogP contribution in [0, 0.1) is 0 Å². The van der Waals surface area contributed by atoms with E-state index < -0.39 is 23.2 Å². The molecule has 0 spiro atoms. The molecule has 17 heavy (non-hydrogen) atoms. The molecule has 1 heterocycles. The predicted molar refractivity (Wildman–Crippen MR) is 59.8 cm³/mol. The van der Waals surface area contributed by atoms with Gasteiger partial charge in [-0.3, -0.25) is 0 Å². The van der Waals surface area contributed by atoms with Crippen molar-refractivity contribution in [2.75, 3.05) is 7.11 Å². The summed E-state index contributed by atoms with van der Waals surface area (Å²) in [6.07, 6.45) is 0. The van der Waals surface area contributed by atoms with E-state index in [1.807, 2.05) is 0 Å². The quantitative estimate of drug-likeness (QED) is 0.455. The van der Waals surface area contributed by atoms with Gasteiger partial charge in [-0.25, -0.2) is 4.79 Å². The zero-order valence-electron chi connectivity index (χ0n) is 8.59. The molecule has 2 aromatic rings. The van der Waals surface area contributed by atoms with Gasteiger partial charge in [0.05, 0.1) is 12.5 Å². The van der Waals surface area contributed by atoms with E-state index in [9.17, 15) is 25.2 Å². The molecule has 1 aromatic heterocycles. The van der Waals surface area contributed by atoms with Crippen molar-refractivity contribution in [2.45, 2.75) is 0 Å².